The Hall–Kier alpha value is -2.85. The van der Waals surface area contributed by atoms with E-state index in [9.17, 15) is 9.59 Å². The number of allylic oxidation sites excluding steroid dienone is 2. The number of carbonyl (C=O) groups excluding carboxylic acids is 2. The van der Waals surface area contributed by atoms with Crippen molar-refractivity contribution in [2.45, 2.75) is 90.0 Å². The minimum absolute atomic E-state index is 0.121. The van der Waals surface area contributed by atoms with Gasteiger partial charge in [0.2, 0.25) is 5.06 Å². The molecule has 0 amide bonds. The van der Waals surface area contributed by atoms with Crippen molar-refractivity contribution in [1.29, 1.82) is 0 Å². The van der Waals surface area contributed by atoms with E-state index in [1.165, 1.54) is 63.0 Å². The summed E-state index contributed by atoms with van der Waals surface area (Å²) in [5.74, 6) is -1.46. The number of hydrogen-bond acceptors (Lipinski definition) is 4. The molecule has 0 radical (unpaired) electrons. The third-order valence-corrected chi connectivity index (χ3v) is 7.38. The second kappa shape index (κ2) is 15.7. The van der Waals surface area contributed by atoms with E-state index in [0.717, 1.165) is 17.5 Å². The van der Waals surface area contributed by atoms with Gasteiger partial charge >= 0.3 is 11.9 Å². The summed E-state index contributed by atoms with van der Waals surface area (Å²) in [5, 5.41) is -1.60. The van der Waals surface area contributed by atoms with E-state index < -0.39 is 22.9 Å². The summed E-state index contributed by atoms with van der Waals surface area (Å²) in [4.78, 5) is 25.2. The summed E-state index contributed by atoms with van der Waals surface area (Å²) in [5.41, 5.74) is 3.52. The number of benzene rings is 2. The molecule has 0 bridgehead atoms. The quantitative estimate of drug-likeness (QED) is 0.0959. The molecule has 2 unspecified atom stereocenters. The van der Waals surface area contributed by atoms with Gasteiger partial charge in [-0.2, -0.15) is 0 Å². The molecule has 4 nitrogen and oxygen atoms in total. The zero-order chi connectivity index (χ0) is 28.1. The van der Waals surface area contributed by atoms with Crippen molar-refractivity contribution < 1.29 is 19.1 Å². The number of aryl methyl sites for hydroxylation is 1. The number of carbonyl (C=O) groups is 2. The number of unbranched alkanes of at least 4 members (excludes halogenated alkanes) is 7. The lowest BCUT2D eigenvalue weighted by Gasteiger charge is -2.31. The average molecular weight is 551 g/mol. The van der Waals surface area contributed by atoms with Crippen LogP contribution in [0.3, 0.4) is 0 Å². The first-order valence-electron chi connectivity index (χ1n) is 14.5. The van der Waals surface area contributed by atoms with Crippen LogP contribution in [0.4, 0.5) is 0 Å². The van der Waals surface area contributed by atoms with E-state index in [4.69, 9.17) is 21.1 Å². The molecular weight excluding hydrogens is 508 g/mol. The number of esters is 2. The van der Waals surface area contributed by atoms with Crippen molar-refractivity contribution in [1.82, 2.24) is 0 Å². The Morgan fingerprint density at radius 2 is 1.44 bits per heavy atom. The van der Waals surface area contributed by atoms with Crippen molar-refractivity contribution in [3.8, 4) is 16.9 Å². The van der Waals surface area contributed by atoms with Crippen molar-refractivity contribution in [2.75, 3.05) is 0 Å². The molecule has 1 aliphatic carbocycles. The van der Waals surface area contributed by atoms with Crippen LogP contribution < -0.4 is 4.74 Å². The molecular formula is C34H43ClO4. The van der Waals surface area contributed by atoms with Crippen LogP contribution in [0.15, 0.2) is 72.8 Å². The van der Waals surface area contributed by atoms with E-state index >= 15 is 0 Å². The van der Waals surface area contributed by atoms with E-state index in [-0.39, 0.29) is 12.3 Å². The number of halogens is 1. The summed E-state index contributed by atoms with van der Waals surface area (Å²) < 4.78 is 11.1. The van der Waals surface area contributed by atoms with Gasteiger partial charge in [0.15, 0.2) is 0 Å². The lowest BCUT2D eigenvalue weighted by atomic mass is 9.96. The zero-order valence-electron chi connectivity index (χ0n) is 23.7. The lowest BCUT2D eigenvalue weighted by molar-refractivity contribution is -0.156. The molecule has 3 rings (SSSR count). The Labute approximate surface area is 239 Å². The molecule has 0 aromatic heterocycles. The molecule has 0 fully saturated rings. The van der Waals surface area contributed by atoms with Gasteiger partial charge in [-0.1, -0.05) is 132 Å². The average Bonchev–Trinajstić information content (AvgIpc) is 2.90. The Balaban J connectivity index is 1.50. The molecule has 0 N–H and O–H groups in total. The fourth-order valence-corrected chi connectivity index (χ4v) is 5.03. The number of hydrogen-bond donors (Lipinski definition) is 0. The van der Waals surface area contributed by atoms with E-state index in [1.54, 1.807) is 30.4 Å². The smallest absolute Gasteiger partial charge is 0.324 e. The maximum Gasteiger partial charge on any atom is 0.324 e. The van der Waals surface area contributed by atoms with Crippen LogP contribution in [0.25, 0.3) is 11.1 Å². The number of alkyl halides is 1. The first kappa shape index (κ1) is 30.7. The first-order chi connectivity index (χ1) is 18.8. The van der Waals surface area contributed by atoms with Crippen molar-refractivity contribution in [3.05, 3.63) is 78.4 Å². The largest absolute Gasteiger partial charge is 0.438 e. The fraction of sp³-hybridized carbons (Fsp3) is 0.471. The topological polar surface area (TPSA) is 52.6 Å². The molecule has 2 aromatic rings. The van der Waals surface area contributed by atoms with E-state index in [1.807, 2.05) is 26.0 Å². The molecule has 0 saturated carbocycles. The lowest BCUT2D eigenvalue weighted by Crippen LogP contribution is -2.42. The molecule has 2 atom stereocenters. The summed E-state index contributed by atoms with van der Waals surface area (Å²) in [6, 6.07) is 16.1. The zero-order valence-corrected chi connectivity index (χ0v) is 24.4. The minimum atomic E-state index is -1.60. The van der Waals surface area contributed by atoms with Crippen molar-refractivity contribution in [3.63, 3.8) is 0 Å². The maximum atomic E-state index is 13.0. The van der Waals surface area contributed by atoms with Crippen LogP contribution in [-0.2, 0) is 20.7 Å². The minimum Gasteiger partial charge on any atom is -0.438 e. The standard InChI is InChI=1S/C34H43ClO4/c1-4-5-6-7-8-9-10-11-14-27-16-18-28(19-17-27)29-20-22-30(23-21-29)38-33(37)31-15-12-13-24-34(31,35)39-32(36)25-26(2)3/h12-13,15-24,26,31H,4-11,14,25H2,1-3H3. The van der Waals surface area contributed by atoms with Crippen LogP contribution in [0.2, 0.25) is 0 Å². The molecule has 210 valence electrons. The Bertz CT molecular complexity index is 1100. The van der Waals surface area contributed by atoms with Crippen molar-refractivity contribution >= 4 is 23.5 Å². The van der Waals surface area contributed by atoms with Gasteiger partial charge in [-0.3, -0.25) is 9.59 Å². The number of rotatable bonds is 15. The second-order valence-electron chi connectivity index (χ2n) is 10.9. The van der Waals surface area contributed by atoms with Gasteiger partial charge < -0.3 is 9.47 Å². The summed E-state index contributed by atoms with van der Waals surface area (Å²) >= 11 is 6.59. The molecule has 2 aromatic carbocycles. The normalized spacial score (nSPS) is 18.3. The molecule has 39 heavy (non-hydrogen) atoms. The summed E-state index contributed by atoms with van der Waals surface area (Å²) in [7, 11) is 0. The molecule has 5 heteroatoms. The van der Waals surface area contributed by atoms with Crippen LogP contribution in [-0.4, -0.2) is 17.0 Å². The Morgan fingerprint density at radius 3 is 2.05 bits per heavy atom. The first-order valence-corrected chi connectivity index (χ1v) is 14.9. The summed E-state index contributed by atoms with van der Waals surface area (Å²) in [6.45, 7) is 6.09. The second-order valence-corrected chi connectivity index (χ2v) is 11.4. The van der Waals surface area contributed by atoms with Crippen LogP contribution in [0.5, 0.6) is 5.75 Å². The van der Waals surface area contributed by atoms with Gasteiger partial charge in [-0.05, 0) is 53.7 Å². The van der Waals surface area contributed by atoms with Crippen LogP contribution in [0.1, 0.15) is 84.1 Å². The molecule has 0 saturated heterocycles. The van der Waals surface area contributed by atoms with Gasteiger partial charge in [0.1, 0.15) is 11.7 Å². The number of ether oxygens (including phenoxy) is 2. The maximum absolute atomic E-state index is 13.0. The van der Waals surface area contributed by atoms with Gasteiger partial charge in [0, 0.05) is 6.42 Å². The fourth-order valence-electron chi connectivity index (χ4n) is 4.71. The van der Waals surface area contributed by atoms with Crippen LogP contribution >= 0.6 is 11.6 Å². The van der Waals surface area contributed by atoms with Crippen molar-refractivity contribution in [2.24, 2.45) is 11.8 Å². The highest BCUT2D eigenvalue weighted by Crippen LogP contribution is 2.35. The monoisotopic (exact) mass is 550 g/mol. The van der Waals surface area contributed by atoms with Gasteiger partial charge in [0.25, 0.3) is 0 Å². The third-order valence-electron chi connectivity index (χ3n) is 6.94. The Morgan fingerprint density at radius 1 is 0.846 bits per heavy atom. The predicted octanol–water partition coefficient (Wildman–Crippen LogP) is 9.21. The summed E-state index contributed by atoms with van der Waals surface area (Å²) in [6.07, 6.45) is 18.4. The predicted molar refractivity (Wildman–Crippen MR) is 160 cm³/mol. The van der Waals surface area contributed by atoms with E-state index in [0.29, 0.717) is 5.75 Å². The highest BCUT2D eigenvalue weighted by Gasteiger charge is 2.44. The highest BCUT2D eigenvalue weighted by atomic mass is 35.5. The molecule has 0 aliphatic heterocycles. The van der Waals surface area contributed by atoms with Gasteiger partial charge in [-0.15, -0.1) is 0 Å². The van der Waals surface area contributed by atoms with Crippen LogP contribution in [0, 0.1) is 11.8 Å². The van der Waals surface area contributed by atoms with Gasteiger partial charge in [-0.25, -0.2) is 0 Å². The highest BCUT2D eigenvalue weighted by molar-refractivity contribution is 6.26. The third kappa shape index (κ3) is 10.0. The molecule has 1 aliphatic rings. The van der Waals surface area contributed by atoms with E-state index in [2.05, 4.69) is 31.2 Å². The Kier molecular flexibility index (Phi) is 12.3. The molecule has 0 spiro atoms. The molecule has 0 heterocycles. The SMILES string of the molecule is CCCCCCCCCCc1ccc(-c2ccc(OC(=O)C3C=CC=CC3(Cl)OC(=O)CC(C)C)cc2)cc1. The van der Waals surface area contributed by atoms with Gasteiger partial charge in [0.05, 0.1) is 0 Å².